The highest BCUT2D eigenvalue weighted by molar-refractivity contribution is 5.92. The molecule has 0 atom stereocenters. The zero-order valence-electron chi connectivity index (χ0n) is 17.1. The molecule has 0 aliphatic carbocycles. The molecule has 2 heterocycles. The number of hydrogen-bond acceptors (Lipinski definition) is 8. The van der Waals surface area contributed by atoms with Gasteiger partial charge in [0.1, 0.15) is 0 Å². The van der Waals surface area contributed by atoms with Crippen LogP contribution in [-0.2, 0) is 15.9 Å². The fourth-order valence-electron chi connectivity index (χ4n) is 2.47. The molecule has 30 heavy (non-hydrogen) atoms. The van der Waals surface area contributed by atoms with Gasteiger partial charge in [0.15, 0.2) is 11.4 Å². The summed E-state index contributed by atoms with van der Waals surface area (Å²) < 4.78 is 9.67. The summed E-state index contributed by atoms with van der Waals surface area (Å²) in [6, 6.07) is 7.13. The van der Waals surface area contributed by atoms with E-state index in [2.05, 4.69) is 16.5 Å². The Bertz CT molecular complexity index is 1000. The van der Waals surface area contributed by atoms with Gasteiger partial charge in [-0.15, -0.1) is 0 Å². The Balaban J connectivity index is 0.000000300. The molecule has 2 rings (SSSR count). The molecule has 0 radical (unpaired) electrons. The minimum Gasteiger partial charge on any atom is -0.461 e. The molecule has 0 N–H and O–H groups in total. The predicted molar refractivity (Wildman–Crippen MR) is 109 cm³/mol. The maximum Gasteiger partial charge on any atom is 0.357 e. The number of ether oxygens (including phenoxy) is 2. The zero-order chi connectivity index (χ0) is 22.5. The molecular weight excluding hydrogens is 384 g/mol. The smallest absolute Gasteiger partial charge is 0.357 e. The van der Waals surface area contributed by atoms with Gasteiger partial charge in [-0.25, -0.2) is 19.6 Å². The minimum atomic E-state index is -0.537. The van der Waals surface area contributed by atoms with E-state index in [4.69, 9.17) is 20.0 Å². The summed E-state index contributed by atoms with van der Waals surface area (Å²) in [5, 5.41) is 17.7. The van der Waals surface area contributed by atoms with Crippen molar-refractivity contribution in [3.8, 4) is 12.1 Å². The summed E-state index contributed by atoms with van der Waals surface area (Å²) in [5.74, 6) is -1.00. The third-order valence-corrected chi connectivity index (χ3v) is 3.78. The highest BCUT2D eigenvalue weighted by Crippen LogP contribution is 2.14. The van der Waals surface area contributed by atoms with Crippen molar-refractivity contribution in [1.82, 2.24) is 9.97 Å². The van der Waals surface area contributed by atoms with Crippen LogP contribution in [0.3, 0.4) is 0 Å². The maximum atomic E-state index is 11.5. The van der Waals surface area contributed by atoms with Gasteiger partial charge in [-0.3, -0.25) is 0 Å². The molecule has 0 aromatic carbocycles. The van der Waals surface area contributed by atoms with Gasteiger partial charge in [-0.05, 0) is 32.4 Å². The third-order valence-electron chi connectivity index (χ3n) is 3.78. The van der Waals surface area contributed by atoms with Crippen LogP contribution in [-0.4, -0.2) is 35.1 Å². The van der Waals surface area contributed by atoms with Gasteiger partial charge in [0.05, 0.1) is 36.5 Å². The number of esters is 2. The molecule has 0 aliphatic heterocycles. The Labute approximate surface area is 175 Å². The maximum absolute atomic E-state index is 11.5. The lowest BCUT2D eigenvalue weighted by Crippen LogP contribution is -2.11. The first-order chi connectivity index (χ1) is 14.5. The van der Waals surface area contributed by atoms with Crippen molar-refractivity contribution in [2.75, 3.05) is 13.2 Å². The van der Waals surface area contributed by atoms with Crippen LogP contribution in [0.2, 0.25) is 0 Å². The first-order valence-electron chi connectivity index (χ1n) is 9.22. The minimum absolute atomic E-state index is 0.130. The fourth-order valence-corrected chi connectivity index (χ4v) is 2.47. The predicted octanol–water partition coefficient (Wildman–Crippen LogP) is 3.47. The van der Waals surface area contributed by atoms with Crippen LogP contribution in [0.15, 0.2) is 31.1 Å². The van der Waals surface area contributed by atoms with Crippen molar-refractivity contribution in [3.63, 3.8) is 0 Å². The molecule has 8 heteroatoms. The summed E-state index contributed by atoms with van der Waals surface area (Å²) in [6.45, 7) is 9.44. The Morgan fingerprint density at radius 2 is 1.47 bits per heavy atom. The van der Waals surface area contributed by atoms with Gasteiger partial charge in [-0.1, -0.05) is 19.6 Å². The van der Waals surface area contributed by atoms with Crippen LogP contribution in [0.4, 0.5) is 0 Å². The Morgan fingerprint density at radius 3 is 1.93 bits per heavy atom. The lowest BCUT2D eigenvalue weighted by atomic mass is 10.1. The van der Waals surface area contributed by atoms with Crippen LogP contribution in [0, 0.1) is 22.7 Å². The molecular formula is C22H22N4O4. The molecule has 0 amide bonds. The molecule has 0 spiro atoms. The largest absolute Gasteiger partial charge is 0.461 e. The second-order valence-electron chi connectivity index (χ2n) is 5.53. The van der Waals surface area contributed by atoms with Gasteiger partial charge in [0.2, 0.25) is 0 Å². The second kappa shape index (κ2) is 12.4. The number of nitrogens with zero attached hydrogens (tertiary/aromatic N) is 4. The molecule has 0 saturated carbocycles. The number of carbonyl (C=O) groups excluding carboxylic acids is 2. The zero-order valence-corrected chi connectivity index (χ0v) is 17.1. The van der Waals surface area contributed by atoms with E-state index < -0.39 is 11.9 Å². The van der Waals surface area contributed by atoms with E-state index in [0.29, 0.717) is 35.3 Å². The molecule has 2 aromatic rings. The van der Waals surface area contributed by atoms with E-state index in [-0.39, 0.29) is 18.0 Å². The molecule has 0 unspecified atom stereocenters. The van der Waals surface area contributed by atoms with E-state index in [1.807, 2.05) is 19.1 Å². The SMILES string of the molecule is C=Cc1c(C#N)ccnc1C(=O)OCC.CCOC(=O)c1nccc(C#N)c1CC. The van der Waals surface area contributed by atoms with Crippen LogP contribution >= 0.6 is 0 Å². The summed E-state index contributed by atoms with van der Waals surface area (Å²) in [6.07, 6.45) is 4.87. The fraction of sp³-hybridized carbons (Fsp3) is 0.273. The van der Waals surface area contributed by atoms with Gasteiger partial charge < -0.3 is 9.47 Å². The number of carbonyl (C=O) groups is 2. The van der Waals surface area contributed by atoms with Crippen molar-refractivity contribution in [2.45, 2.75) is 27.2 Å². The molecule has 2 aromatic heterocycles. The van der Waals surface area contributed by atoms with E-state index in [1.165, 1.54) is 24.5 Å². The number of pyridine rings is 2. The average Bonchev–Trinajstić information content (AvgIpc) is 2.78. The lowest BCUT2D eigenvalue weighted by molar-refractivity contribution is 0.0509. The molecule has 8 nitrogen and oxygen atoms in total. The Kier molecular flexibility index (Phi) is 9.94. The van der Waals surface area contributed by atoms with Crippen LogP contribution in [0.5, 0.6) is 0 Å². The number of nitriles is 2. The monoisotopic (exact) mass is 406 g/mol. The first kappa shape index (κ1) is 24.0. The highest BCUT2D eigenvalue weighted by atomic mass is 16.5. The van der Waals surface area contributed by atoms with Gasteiger partial charge in [0.25, 0.3) is 0 Å². The summed E-state index contributed by atoms with van der Waals surface area (Å²) in [5.41, 5.74) is 2.29. The molecule has 0 saturated heterocycles. The molecule has 0 fully saturated rings. The van der Waals surface area contributed by atoms with Crippen LogP contribution in [0.1, 0.15) is 64.0 Å². The van der Waals surface area contributed by atoms with E-state index in [9.17, 15) is 9.59 Å². The van der Waals surface area contributed by atoms with E-state index in [1.54, 1.807) is 19.9 Å². The first-order valence-corrected chi connectivity index (χ1v) is 9.22. The van der Waals surface area contributed by atoms with Crippen molar-refractivity contribution in [1.29, 1.82) is 10.5 Å². The van der Waals surface area contributed by atoms with Crippen molar-refractivity contribution >= 4 is 18.0 Å². The summed E-state index contributed by atoms with van der Waals surface area (Å²) in [4.78, 5) is 30.8. The molecule has 0 bridgehead atoms. The van der Waals surface area contributed by atoms with Crippen molar-refractivity contribution in [3.05, 3.63) is 64.7 Å². The quantitative estimate of drug-likeness (QED) is 0.668. The van der Waals surface area contributed by atoms with Gasteiger partial charge in [0, 0.05) is 23.5 Å². The number of aromatic nitrogens is 2. The Morgan fingerprint density at radius 1 is 0.967 bits per heavy atom. The van der Waals surface area contributed by atoms with Crippen molar-refractivity contribution < 1.29 is 19.1 Å². The number of rotatable bonds is 6. The Hall–Kier alpha value is -4.04. The topological polar surface area (TPSA) is 126 Å². The second-order valence-corrected chi connectivity index (χ2v) is 5.53. The summed E-state index contributed by atoms with van der Waals surface area (Å²) in [7, 11) is 0. The third kappa shape index (κ3) is 5.98. The van der Waals surface area contributed by atoms with E-state index in [0.717, 1.165) is 0 Å². The summed E-state index contributed by atoms with van der Waals surface area (Å²) >= 11 is 0. The van der Waals surface area contributed by atoms with Crippen LogP contribution in [0.25, 0.3) is 6.08 Å². The van der Waals surface area contributed by atoms with Gasteiger partial charge in [-0.2, -0.15) is 10.5 Å². The molecule has 154 valence electrons. The average molecular weight is 406 g/mol. The molecule has 0 aliphatic rings. The standard InChI is InChI=1S/C11H12N2O2.C11H10N2O2/c2*1-3-9-8(7-12)5-6-13-10(9)11(14)15-4-2/h5-6H,3-4H2,1-2H3;3,5-6H,1,4H2,2H3. The van der Waals surface area contributed by atoms with Gasteiger partial charge >= 0.3 is 11.9 Å². The van der Waals surface area contributed by atoms with E-state index >= 15 is 0 Å². The number of hydrogen-bond donors (Lipinski definition) is 0. The lowest BCUT2D eigenvalue weighted by Gasteiger charge is -2.06. The van der Waals surface area contributed by atoms with Crippen LogP contribution < -0.4 is 0 Å². The van der Waals surface area contributed by atoms with Crippen molar-refractivity contribution in [2.24, 2.45) is 0 Å². The normalized spacial score (nSPS) is 9.23. The highest BCUT2D eigenvalue weighted by Gasteiger charge is 2.16.